The number of ether oxygens (including phenoxy) is 1. The second-order valence-corrected chi connectivity index (χ2v) is 7.44. The number of carboxylic acids is 1. The molecule has 0 spiro atoms. The molecule has 8 heteroatoms. The molecule has 134 valence electrons. The van der Waals surface area contributed by atoms with E-state index < -0.39 is 17.7 Å². The highest BCUT2D eigenvalue weighted by atomic mass is 32.1. The predicted octanol–water partition coefficient (Wildman–Crippen LogP) is 2.85. The molecule has 1 aromatic heterocycles. The van der Waals surface area contributed by atoms with Crippen LogP contribution < -0.4 is 10.6 Å². The lowest BCUT2D eigenvalue weighted by atomic mass is 10.1. The zero-order valence-electron chi connectivity index (χ0n) is 14.2. The van der Waals surface area contributed by atoms with Gasteiger partial charge in [-0.05, 0) is 50.4 Å². The maximum Gasteiger partial charge on any atom is 0.407 e. The quantitative estimate of drug-likeness (QED) is 0.708. The number of hydrogen-bond acceptors (Lipinski definition) is 5. The van der Waals surface area contributed by atoms with Crippen molar-refractivity contribution in [3.05, 3.63) is 34.7 Å². The molecule has 0 radical (unpaired) electrons. The summed E-state index contributed by atoms with van der Waals surface area (Å²) in [5.74, 6) is -1.28. The van der Waals surface area contributed by atoms with E-state index in [0.717, 1.165) is 16.0 Å². The maximum atomic E-state index is 12.1. The molecule has 2 aromatic rings. The van der Waals surface area contributed by atoms with Crippen molar-refractivity contribution in [2.75, 3.05) is 13.1 Å². The van der Waals surface area contributed by atoms with Crippen LogP contribution in [0.15, 0.2) is 24.3 Å². The van der Waals surface area contributed by atoms with E-state index in [-0.39, 0.29) is 23.9 Å². The van der Waals surface area contributed by atoms with Gasteiger partial charge in [0.05, 0.1) is 0 Å². The normalized spacial score (nSPS) is 11.2. The van der Waals surface area contributed by atoms with Crippen LogP contribution in [-0.4, -0.2) is 41.8 Å². The molecular weight excluding hydrogens is 344 g/mol. The van der Waals surface area contributed by atoms with Gasteiger partial charge in [-0.3, -0.25) is 4.79 Å². The summed E-state index contributed by atoms with van der Waals surface area (Å²) in [5, 5.41) is 15.0. The first-order valence-electron chi connectivity index (χ1n) is 7.67. The molecule has 7 nitrogen and oxygen atoms in total. The number of rotatable bonds is 5. The highest BCUT2D eigenvalue weighted by molar-refractivity contribution is 7.20. The summed E-state index contributed by atoms with van der Waals surface area (Å²) < 4.78 is 5.90. The van der Waals surface area contributed by atoms with Gasteiger partial charge in [0.25, 0.3) is 5.91 Å². The second-order valence-electron chi connectivity index (χ2n) is 6.35. The number of carbonyl (C=O) groups is 3. The predicted molar refractivity (Wildman–Crippen MR) is 95.4 cm³/mol. The van der Waals surface area contributed by atoms with Crippen molar-refractivity contribution in [2.45, 2.75) is 26.4 Å². The fourth-order valence-electron chi connectivity index (χ4n) is 2.05. The first-order valence-corrected chi connectivity index (χ1v) is 8.49. The van der Waals surface area contributed by atoms with Crippen LogP contribution in [0, 0.1) is 0 Å². The average molecular weight is 364 g/mol. The summed E-state index contributed by atoms with van der Waals surface area (Å²) in [6.07, 6.45) is -0.539. The number of fused-ring (bicyclic) bond motifs is 1. The molecule has 0 bridgehead atoms. The number of aromatic carboxylic acids is 1. The molecule has 0 saturated heterocycles. The zero-order chi connectivity index (χ0) is 18.6. The molecular formula is C17H20N2O5S. The number of carboxylic acid groups (broad SMARTS) is 1. The molecule has 0 aliphatic carbocycles. The lowest BCUT2D eigenvalue weighted by molar-refractivity contribution is 0.0526. The monoisotopic (exact) mass is 364 g/mol. The number of carbonyl (C=O) groups excluding carboxylic acids is 2. The Kier molecular flexibility index (Phi) is 5.63. The highest BCUT2D eigenvalue weighted by Gasteiger charge is 2.15. The van der Waals surface area contributed by atoms with E-state index in [9.17, 15) is 14.4 Å². The minimum Gasteiger partial charge on any atom is -0.477 e. The number of alkyl carbamates (subject to hydrolysis) is 1. The lowest BCUT2D eigenvalue weighted by Crippen LogP contribution is -2.37. The zero-order valence-corrected chi connectivity index (χ0v) is 15.0. The van der Waals surface area contributed by atoms with Gasteiger partial charge in [0.2, 0.25) is 0 Å². The molecule has 0 aliphatic rings. The van der Waals surface area contributed by atoms with Crippen molar-refractivity contribution in [3.8, 4) is 0 Å². The van der Waals surface area contributed by atoms with Crippen LogP contribution in [0.4, 0.5) is 4.79 Å². The summed E-state index contributed by atoms with van der Waals surface area (Å²) in [7, 11) is 0. The van der Waals surface area contributed by atoms with Gasteiger partial charge in [-0.2, -0.15) is 0 Å². The molecule has 0 atom stereocenters. The lowest BCUT2D eigenvalue weighted by Gasteiger charge is -2.19. The Balaban J connectivity index is 1.87. The topological polar surface area (TPSA) is 105 Å². The molecule has 2 rings (SSSR count). The molecule has 25 heavy (non-hydrogen) atoms. The number of amides is 2. The number of hydrogen-bond donors (Lipinski definition) is 3. The SMILES string of the molecule is CC(C)(C)OC(=O)NCCNC(=O)c1ccc2sc(C(=O)O)cc2c1. The van der Waals surface area contributed by atoms with E-state index in [0.29, 0.717) is 10.9 Å². The van der Waals surface area contributed by atoms with Gasteiger partial charge in [0.15, 0.2) is 0 Å². The maximum absolute atomic E-state index is 12.1. The van der Waals surface area contributed by atoms with Crippen molar-refractivity contribution < 1.29 is 24.2 Å². The van der Waals surface area contributed by atoms with E-state index in [1.54, 1.807) is 45.0 Å². The molecule has 0 unspecified atom stereocenters. The smallest absolute Gasteiger partial charge is 0.407 e. The van der Waals surface area contributed by atoms with Crippen LogP contribution in [0.2, 0.25) is 0 Å². The van der Waals surface area contributed by atoms with Crippen LogP contribution in [0.1, 0.15) is 40.8 Å². The van der Waals surface area contributed by atoms with Crippen molar-refractivity contribution in [1.82, 2.24) is 10.6 Å². The number of nitrogens with one attached hydrogen (secondary N) is 2. The third-order valence-electron chi connectivity index (χ3n) is 3.07. The van der Waals surface area contributed by atoms with Gasteiger partial charge < -0.3 is 20.5 Å². The van der Waals surface area contributed by atoms with Crippen LogP contribution in [0.5, 0.6) is 0 Å². The van der Waals surface area contributed by atoms with Gasteiger partial charge in [0, 0.05) is 23.4 Å². The average Bonchev–Trinajstić information content (AvgIpc) is 2.93. The van der Waals surface area contributed by atoms with Gasteiger partial charge >= 0.3 is 12.1 Å². The summed E-state index contributed by atoms with van der Waals surface area (Å²) in [4.78, 5) is 34.8. The van der Waals surface area contributed by atoms with E-state index in [1.807, 2.05) is 0 Å². The van der Waals surface area contributed by atoms with Crippen molar-refractivity contribution in [3.63, 3.8) is 0 Å². The summed E-state index contributed by atoms with van der Waals surface area (Å²) in [6, 6.07) is 6.56. The van der Waals surface area contributed by atoms with Gasteiger partial charge in [-0.15, -0.1) is 11.3 Å². The summed E-state index contributed by atoms with van der Waals surface area (Å²) in [6.45, 7) is 5.80. The van der Waals surface area contributed by atoms with Crippen LogP contribution in [0.25, 0.3) is 10.1 Å². The third-order valence-corrected chi connectivity index (χ3v) is 4.17. The number of thiophene rings is 1. The summed E-state index contributed by atoms with van der Waals surface area (Å²) in [5.41, 5.74) is -0.141. The summed E-state index contributed by atoms with van der Waals surface area (Å²) >= 11 is 1.16. The van der Waals surface area contributed by atoms with Crippen LogP contribution >= 0.6 is 11.3 Å². The molecule has 1 aromatic carbocycles. The molecule has 3 N–H and O–H groups in total. The first-order chi connectivity index (χ1) is 11.7. The van der Waals surface area contributed by atoms with Crippen molar-refractivity contribution in [2.24, 2.45) is 0 Å². The standard InChI is InChI=1S/C17H20N2O5S/c1-17(2,3)24-16(23)19-7-6-18-14(20)10-4-5-12-11(8-10)9-13(25-12)15(21)22/h4-5,8-9H,6-7H2,1-3H3,(H,18,20)(H,19,23)(H,21,22). The highest BCUT2D eigenvalue weighted by Crippen LogP contribution is 2.26. The Hall–Kier alpha value is -2.61. The van der Waals surface area contributed by atoms with Crippen LogP contribution in [0.3, 0.4) is 0 Å². The second kappa shape index (κ2) is 7.52. The fourth-order valence-corrected chi connectivity index (χ4v) is 2.93. The Morgan fingerprint density at radius 3 is 2.44 bits per heavy atom. The fraction of sp³-hybridized carbons (Fsp3) is 0.353. The van der Waals surface area contributed by atoms with Crippen molar-refractivity contribution >= 4 is 39.4 Å². The molecule has 2 amide bonds. The van der Waals surface area contributed by atoms with Gasteiger partial charge in [0.1, 0.15) is 10.5 Å². The Morgan fingerprint density at radius 2 is 1.80 bits per heavy atom. The largest absolute Gasteiger partial charge is 0.477 e. The Labute approximate surface area is 149 Å². The van der Waals surface area contributed by atoms with Crippen LogP contribution in [-0.2, 0) is 4.74 Å². The van der Waals surface area contributed by atoms with Crippen molar-refractivity contribution in [1.29, 1.82) is 0 Å². The van der Waals surface area contributed by atoms with E-state index in [4.69, 9.17) is 9.84 Å². The molecule has 0 aliphatic heterocycles. The third kappa shape index (κ3) is 5.46. The molecule has 0 fully saturated rings. The molecule has 0 saturated carbocycles. The minimum atomic E-state index is -0.986. The Bertz CT molecular complexity index is 807. The van der Waals surface area contributed by atoms with Gasteiger partial charge in [-0.25, -0.2) is 9.59 Å². The van der Waals surface area contributed by atoms with Gasteiger partial charge in [-0.1, -0.05) is 0 Å². The number of benzene rings is 1. The Morgan fingerprint density at radius 1 is 1.12 bits per heavy atom. The van der Waals surface area contributed by atoms with E-state index in [2.05, 4.69) is 10.6 Å². The minimum absolute atomic E-state index is 0.231. The molecule has 1 heterocycles. The van der Waals surface area contributed by atoms with E-state index in [1.165, 1.54) is 0 Å². The van der Waals surface area contributed by atoms with E-state index >= 15 is 0 Å². The first kappa shape index (κ1) is 18.7.